The smallest absolute Gasteiger partial charge is 0.229 e. The zero-order valence-electron chi connectivity index (χ0n) is 15.6. The van der Waals surface area contributed by atoms with Crippen molar-refractivity contribution in [3.8, 4) is 5.75 Å². The van der Waals surface area contributed by atoms with E-state index >= 15 is 0 Å². The highest BCUT2D eigenvalue weighted by Crippen LogP contribution is 2.19. The van der Waals surface area contributed by atoms with Crippen molar-refractivity contribution in [3.63, 3.8) is 0 Å². The van der Waals surface area contributed by atoms with E-state index in [1.807, 2.05) is 37.3 Å². The number of hydrogen-bond donors (Lipinski definition) is 2. The summed E-state index contributed by atoms with van der Waals surface area (Å²) in [6.07, 6.45) is 0. The standard InChI is InChI=1S/C21H24N4O/c1-14-9-15(2)11-18(10-14)24-21-23-16(3)12-20(25-21)22-13-17-5-7-19(26-4)8-6-17/h5-12H,13H2,1-4H3,(H2,22,23,24,25). The highest BCUT2D eigenvalue weighted by atomic mass is 16.5. The fraction of sp³-hybridized carbons (Fsp3) is 0.238. The van der Waals surface area contributed by atoms with Crippen molar-refractivity contribution in [1.82, 2.24) is 9.97 Å². The van der Waals surface area contributed by atoms with Crippen molar-refractivity contribution in [3.05, 3.63) is 70.9 Å². The molecule has 0 amide bonds. The Morgan fingerprint density at radius 3 is 2.23 bits per heavy atom. The van der Waals surface area contributed by atoms with Crippen molar-refractivity contribution >= 4 is 17.5 Å². The van der Waals surface area contributed by atoms with E-state index in [9.17, 15) is 0 Å². The average molecular weight is 348 g/mol. The highest BCUT2D eigenvalue weighted by molar-refractivity contribution is 5.57. The van der Waals surface area contributed by atoms with E-state index in [2.05, 4.69) is 52.6 Å². The van der Waals surface area contributed by atoms with Gasteiger partial charge in [0.25, 0.3) is 0 Å². The van der Waals surface area contributed by atoms with Crippen LogP contribution < -0.4 is 15.4 Å². The number of rotatable bonds is 6. The Labute approximate surface area is 154 Å². The van der Waals surface area contributed by atoms with Crippen LogP contribution in [0.25, 0.3) is 0 Å². The number of aryl methyl sites for hydroxylation is 3. The molecule has 26 heavy (non-hydrogen) atoms. The largest absolute Gasteiger partial charge is 0.497 e. The summed E-state index contributed by atoms with van der Waals surface area (Å²) in [5.41, 5.74) is 5.47. The predicted molar refractivity (Wildman–Crippen MR) is 106 cm³/mol. The lowest BCUT2D eigenvalue weighted by Crippen LogP contribution is -2.05. The summed E-state index contributed by atoms with van der Waals surface area (Å²) in [7, 11) is 1.67. The minimum Gasteiger partial charge on any atom is -0.497 e. The number of hydrogen-bond acceptors (Lipinski definition) is 5. The van der Waals surface area contributed by atoms with E-state index in [-0.39, 0.29) is 0 Å². The SMILES string of the molecule is COc1ccc(CNc2cc(C)nc(Nc3cc(C)cc(C)c3)n2)cc1. The molecular weight excluding hydrogens is 324 g/mol. The van der Waals surface area contributed by atoms with Crippen LogP contribution in [0.3, 0.4) is 0 Å². The number of methoxy groups -OCH3 is 1. The lowest BCUT2D eigenvalue weighted by Gasteiger charge is -2.11. The first-order valence-electron chi connectivity index (χ1n) is 8.59. The van der Waals surface area contributed by atoms with Crippen molar-refractivity contribution in [2.45, 2.75) is 27.3 Å². The molecule has 0 aliphatic rings. The van der Waals surface area contributed by atoms with E-state index in [1.165, 1.54) is 11.1 Å². The maximum Gasteiger partial charge on any atom is 0.229 e. The molecule has 2 N–H and O–H groups in total. The first kappa shape index (κ1) is 17.7. The van der Waals surface area contributed by atoms with E-state index in [4.69, 9.17) is 4.74 Å². The monoisotopic (exact) mass is 348 g/mol. The van der Waals surface area contributed by atoms with E-state index < -0.39 is 0 Å². The van der Waals surface area contributed by atoms with Gasteiger partial charge in [-0.3, -0.25) is 0 Å². The molecule has 3 rings (SSSR count). The van der Waals surface area contributed by atoms with Crippen LogP contribution in [0.2, 0.25) is 0 Å². The third-order valence-electron chi connectivity index (χ3n) is 3.96. The maximum absolute atomic E-state index is 5.19. The molecule has 0 saturated carbocycles. The molecule has 0 aliphatic heterocycles. The highest BCUT2D eigenvalue weighted by Gasteiger charge is 2.04. The molecule has 134 valence electrons. The zero-order chi connectivity index (χ0) is 18.5. The lowest BCUT2D eigenvalue weighted by molar-refractivity contribution is 0.414. The molecule has 0 unspecified atom stereocenters. The van der Waals surface area contributed by atoms with Gasteiger partial charge in [-0.15, -0.1) is 0 Å². The summed E-state index contributed by atoms with van der Waals surface area (Å²) in [6, 6.07) is 16.2. The Kier molecular flexibility index (Phi) is 5.37. The number of aromatic nitrogens is 2. The van der Waals surface area contributed by atoms with Crippen molar-refractivity contribution in [2.75, 3.05) is 17.7 Å². The third kappa shape index (κ3) is 4.72. The minimum atomic E-state index is 0.590. The van der Waals surface area contributed by atoms with Gasteiger partial charge in [-0.2, -0.15) is 4.98 Å². The third-order valence-corrected chi connectivity index (χ3v) is 3.96. The second-order valence-corrected chi connectivity index (χ2v) is 6.42. The van der Waals surface area contributed by atoms with Crippen LogP contribution >= 0.6 is 0 Å². The molecule has 5 heteroatoms. The fourth-order valence-electron chi connectivity index (χ4n) is 2.83. The molecule has 0 spiro atoms. The molecule has 5 nitrogen and oxygen atoms in total. The summed E-state index contributed by atoms with van der Waals surface area (Å²) < 4.78 is 5.19. The normalized spacial score (nSPS) is 10.5. The van der Waals surface area contributed by atoms with Crippen LogP contribution in [0, 0.1) is 20.8 Å². The van der Waals surface area contributed by atoms with Gasteiger partial charge in [0.1, 0.15) is 11.6 Å². The molecule has 3 aromatic rings. The molecule has 1 aromatic heterocycles. The zero-order valence-corrected chi connectivity index (χ0v) is 15.6. The first-order valence-corrected chi connectivity index (χ1v) is 8.59. The summed E-state index contributed by atoms with van der Waals surface area (Å²) in [6.45, 7) is 6.81. The number of nitrogens with one attached hydrogen (secondary N) is 2. The molecule has 0 aliphatic carbocycles. The van der Waals surface area contributed by atoms with Gasteiger partial charge in [0.05, 0.1) is 7.11 Å². The van der Waals surface area contributed by atoms with Crippen molar-refractivity contribution < 1.29 is 4.74 Å². The fourth-order valence-corrected chi connectivity index (χ4v) is 2.83. The van der Waals surface area contributed by atoms with Crippen LogP contribution in [-0.4, -0.2) is 17.1 Å². The van der Waals surface area contributed by atoms with Crippen molar-refractivity contribution in [1.29, 1.82) is 0 Å². The average Bonchev–Trinajstić information content (AvgIpc) is 2.59. The maximum atomic E-state index is 5.19. The van der Waals surface area contributed by atoms with Gasteiger partial charge >= 0.3 is 0 Å². The second kappa shape index (κ2) is 7.87. The quantitative estimate of drug-likeness (QED) is 0.672. The number of anilines is 3. The Morgan fingerprint density at radius 2 is 1.58 bits per heavy atom. The summed E-state index contributed by atoms with van der Waals surface area (Å²) in [5, 5.41) is 6.66. The van der Waals surface area contributed by atoms with Gasteiger partial charge in [0.2, 0.25) is 5.95 Å². The summed E-state index contributed by atoms with van der Waals surface area (Å²) in [5.74, 6) is 2.24. The molecule has 0 atom stereocenters. The summed E-state index contributed by atoms with van der Waals surface area (Å²) in [4.78, 5) is 9.07. The predicted octanol–water partition coefficient (Wildman–Crippen LogP) is 4.77. The number of ether oxygens (including phenoxy) is 1. The van der Waals surface area contributed by atoms with Gasteiger partial charge in [0.15, 0.2) is 0 Å². The first-order chi connectivity index (χ1) is 12.5. The van der Waals surface area contributed by atoms with Gasteiger partial charge in [-0.1, -0.05) is 18.2 Å². The molecule has 0 radical (unpaired) electrons. The number of benzene rings is 2. The molecule has 0 saturated heterocycles. The van der Waals surface area contributed by atoms with Crippen LogP contribution in [0.5, 0.6) is 5.75 Å². The Hall–Kier alpha value is -3.08. The van der Waals surface area contributed by atoms with Crippen LogP contribution in [0.15, 0.2) is 48.5 Å². The molecule has 0 bridgehead atoms. The Bertz CT molecular complexity index is 871. The molecule has 2 aromatic carbocycles. The van der Waals surface area contributed by atoms with Gasteiger partial charge < -0.3 is 15.4 Å². The molecule has 0 fully saturated rings. The van der Waals surface area contributed by atoms with Gasteiger partial charge in [0, 0.05) is 24.0 Å². The Morgan fingerprint density at radius 1 is 0.885 bits per heavy atom. The lowest BCUT2D eigenvalue weighted by atomic mass is 10.1. The summed E-state index contributed by atoms with van der Waals surface area (Å²) >= 11 is 0. The van der Waals surface area contributed by atoms with Crippen LogP contribution in [0.4, 0.5) is 17.5 Å². The van der Waals surface area contributed by atoms with Gasteiger partial charge in [-0.05, 0) is 61.7 Å². The van der Waals surface area contributed by atoms with Crippen molar-refractivity contribution in [2.24, 2.45) is 0 Å². The van der Waals surface area contributed by atoms with Crippen LogP contribution in [-0.2, 0) is 6.54 Å². The second-order valence-electron chi connectivity index (χ2n) is 6.42. The molecular formula is C21H24N4O. The van der Waals surface area contributed by atoms with E-state index in [0.717, 1.165) is 28.5 Å². The molecule has 1 heterocycles. The topological polar surface area (TPSA) is 59.1 Å². The minimum absolute atomic E-state index is 0.590. The van der Waals surface area contributed by atoms with Gasteiger partial charge in [-0.25, -0.2) is 4.98 Å². The van der Waals surface area contributed by atoms with E-state index in [0.29, 0.717) is 12.5 Å². The number of nitrogens with zero attached hydrogens (tertiary/aromatic N) is 2. The van der Waals surface area contributed by atoms with Crippen LogP contribution in [0.1, 0.15) is 22.4 Å². The Balaban J connectivity index is 1.72. The van der Waals surface area contributed by atoms with E-state index in [1.54, 1.807) is 7.11 Å².